The maximum atomic E-state index is 11.7. The van der Waals surface area contributed by atoms with Crippen LogP contribution in [0.3, 0.4) is 0 Å². The maximum Gasteiger partial charge on any atom is 0.336 e. The summed E-state index contributed by atoms with van der Waals surface area (Å²) in [5.41, 5.74) is 2.41. The van der Waals surface area contributed by atoms with E-state index in [1.165, 1.54) is 18.4 Å². The third kappa shape index (κ3) is 4.19. The molecule has 116 valence electrons. The second kappa shape index (κ2) is 6.91. The summed E-state index contributed by atoms with van der Waals surface area (Å²) in [6.45, 7) is 4.18. The van der Waals surface area contributed by atoms with Crippen LogP contribution in [0, 0.1) is 0 Å². The zero-order chi connectivity index (χ0) is 15.4. The Balaban J connectivity index is 2.04. The Hall–Kier alpha value is -1.59. The summed E-state index contributed by atoms with van der Waals surface area (Å²) >= 11 is 0. The molecule has 0 aromatic heterocycles. The van der Waals surface area contributed by atoms with Crippen LogP contribution in [0.4, 0.5) is 5.69 Å². The number of anilines is 1. The number of esters is 1. The number of ether oxygens (including phenoxy) is 2. The average molecular weight is 292 g/mol. The van der Waals surface area contributed by atoms with Crippen molar-refractivity contribution < 1.29 is 14.3 Å². The Morgan fingerprint density at radius 2 is 2.19 bits per heavy atom. The van der Waals surface area contributed by atoms with Gasteiger partial charge in [-0.15, -0.1) is 0 Å². The summed E-state index contributed by atoms with van der Waals surface area (Å²) in [4.78, 5) is 16.0. The summed E-state index contributed by atoms with van der Waals surface area (Å²) in [5.74, 6) is -0.298. The second-order valence-electron chi connectivity index (χ2n) is 5.72. The van der Waals surface area contributed by atoms with Crippen molar-refractivity contribution in [1.29, 1.82) is 0 Å². The quantitative estimate of drug-likeness (QED) is 0.787. The molecule has 1 fully saturated rings. The van der Waals surface area contributed by atoms with Crippen molar-refractivity contribution >= 4 is 11.7 Å². The smallest absolute Gasteiger partial charge is 0.336 e. The largest absolute Gasteiger partial charge is 0.467 e. The van der Waals surface area contributed by atoms with E-state index in [1.807, 2.05) is 21.0 Å². The van der Waals surface area contributed by atoms with Gasteiger partial charge in [0.05, 0.1) is 13.2 Å². The molecule has 1 aliphatic heterocycles. The summed E-state index contributed by atoms with van der Waals surface area (Å²) < 4.78 is 10.4. The van der Waals surface area contributed by atoms with Gasteiger partial charge in [-0.25, -0.2) is 4.79 Å². The minimum atomic E-state index is -0.490. The highest BCUT2D eigenvalue weighted by Crippen LogP contribution is 2.18. The molecular weight excluding hydrogens is 268 g/mol. The Kier molecular flexibility index (Phi) is 5.20. The Morgan fingerprint density at radius 1 is 1.43 bits per heavy atom. The molecule has 0 amide bonds. The lowest BCUT2D eigenvalue weighted by Crippen LogP contribution is -2.49. The van der Waals surface area contributed by atoms with Crippen LogP contribution in [0.2, 0.25) is 0 Å². The highest BCUT2D eigenvalue weighted by atomic mass is 16.6. The van der Waals surface area contributed by atoms with Gasteiger partial charge in [0.1, 0.15) is 0 Å². The molecule has 2 atom stereocenters. The van der Waals surface area contributed by atoms with Crippen molar-refractivity contribution in [1.82, 2.24) is 4.90 Å². The van der Waals surface area contributed by atoms with Crippen LogP contribution >= 0.6 is 0 Å². The summed E-state index contributed by atoms with van der Waals surface area (Å²) in [6.07, 6.45) is -0.462. The molecule has 0 saturated carbocycles. The van der Waals surface area contributed by atoms with Crippen molar-refractivity contribution in [3.8, 4) is 0 Å². The number of morpholine rings is 1. The average Bonchev–Trinajstić information content (AvgIpc) is 2.46. The van der Waals surface area contributed by atoms with E-state index in [0.717, 1.165) is 13.1 Å². The fourth-order valence-electron chi connectivity index (χ4n) is 2.62. The van der Waals surface area contributed by atoms with Gasteiger partial charge < -0.3 is 14.4 Å². The van der Waals surface area contributed by atoms with Crippen molar-refractivity contribution in [2.75, 3.05) is 39.2 Å². The van der Waals surface area contributed by atoms with Crippen LogP contribution in [0.25, 0.3) is 0 Å². The molecule has 1 saturated heterocycles. The number of carbonyl (C=O) groups excluding carboxylic acids is 1. The number of methoxy groups -OCH3 is 1. The van der Waals surface area contributed by atoms with E-state index in [4.69, 9.17) is 9.47 Å². The Morgan fingerprint density at radius 3 is 2.86 bits per heavy atom. The number of hydrogen-bond acceptors (Lipinski definition) is 5. The molecule has 5 nitrogen and oxygen atoms in total. The van der Waals surface area contributed by atoms with Gasteiger partial charge >= 0.3 is 5.97 Å². The van der Waals surface area contributed by atoms with E-state index < -0.39 is 6.10 Å². The summed E-state index contributed by atoms with van der Waals surface area (Å²) in [5, 5.41) is 0. The minimum absolute atomic E-state index is 0.0277. The summed E-state index contributed by atoms with van der Waals surface area (Å²) in [6, 6.07) is 8.43. The normalized spacial score (nSPS) is 22.9. The van der Waals surface area contributed by atoms with E-state index in [0.29, 0.717) is 6.54 Å². The topological polar surface area (TPSA) is 42.0 Å². The van der Waals surface area contributed by atoms with Crippen LogP contribution in [0.1, 0.15) is 12.5 Å². The lowest BCUT2D eigenvalue weighted by atomic mass is 10.1. The van der Waals surface area contributed by atoms with Crippen LogP contribution in [0.5, 0.6) is 0 Å². The van der Waals surface area contributed by atoms with Gasteiger partial charge in [-0.1, -0.05) is 12.1 Å². The molecule has 0 aliphatic carbocycles. The zero-order valence-electron chi connectivity index (χ0n) is 13.2. The van der Waals surface area contributed by atoms with Crippen molar-refractivity contribution in [3.05, 3.63) is 29.8 Å². The molecule has 2 rings (SSSR count). The number of carbonyl (C=O) groups is 1. The monoisotopic (exact) mass is 292 g/mol. The third-order valence-electron chi connectivity index (χ3n) is 3.63. The van der Waals surface area contributed by atoms with Gasteiger partial charge in [-0.3, -0.25) is 4.90 Å². The summed E-state index contributed by atoms with van der Waals surface area (Å²) in [7, 11) is 5.46. The van der Waals surface area contributed by atoms with Crippen molar-refractivity contribution in [2.24, 2.45) is 0 Å². The SMILES string of the molecule is COC(=O)C1CN(Cc2cccc(N(C)C)c2)C[C@@H](C)O1. The predicted molar refractivity (Wildman–Crippen MR) is 82.4 cm³/mol. The number of nitrogens with zero attached hydrogens (tertiary/aromatic N) is 2. The predicted octanol–water partition coefficient (Wildman–Crippen LogP) is 1.51. The van der Waals surface area contributed by atoms with Crippen LogP contribution in [0.15, 0.2) is 24.3 Å². The molecule has 1 aromatic rings. The molecule has 1 heterocycles. The molecule has 1 unspecified atom stereocenters. The van der Waals surface area contributed by atoms with Crippen LogP contribution in [-0.2, 0) is 20.8 Å². The molecule has 0 bridgehead atoms. The molecule has 0 radical (unpaired) electrons. The molecular formula is C16H24N2O3. The molecule has 0 spiro atoms. The van der Waals surface area contributed by atoms with Crippen molar-refractivity contribution in [2.45, 2.75) is 25.7 Å². The molecule has 21 heavy (non-hydrogen) atoms. The van der Waals surface area contributed by atoms with E-state index >= 15 is 0 Å². The van der Waals surface area contributed by atoms with Gasteiger partial charge in [-0.2, -0.15) is 0 Å². The van der Waals surface area contributed by atoms with Gasteiger partial charge in [-0.05, 0) is 24.6 Å². The second-order valence-corrected chi connectivity index (χ2v) is 5.72. The Labute approximate surface area is 126 Å². The van der Waals surface area contributed by atoms with E-state index in [1.54, 1.807) is 0 Å². The first kappa shape index (κ1) is 15.8. The van der Waals surface area contributed by atoms with Gasteiger partial charge in [0.25, 0.3) is 0 Å². The van der Waals surface area contributed by atoms with Crippen LogP contribution in [-0.4, -0.2) is 57.4 Å². The third-order valence-corrected chi connectivity index (χ3v) is 3.63. The van der Waals surface area contributed by atoms with Gasteiger partial charge in [0, 0.05) is 39.4 Å². The first-order valence-corrected chi connectivity index (χ1v) is 7.21. The van der Waals surface area contributed by atoms with Gasteiger partial charge in [0.2, 0.25) is 0 Å². The standard InChI is InChI=1S/C16H24N2O3/c1-12-9-18(11-15(21-12)16(19)20-4)10-13-6-5-7-14(8-13)17(2)3/h5-8,12,15H,9-11H2,1-4H3/t12-,15?/m1/s1. The van der Waals surface area contributed by atoms with E-state index in [-0.39, 0.29) is 12.1 Å². The van der Waals surface area contributed by atoms with Crippen LogP contribution < -0.4 is 4.90 Å². The fraction of sp³-hybridized carbons (Fsp3) is 0.562. The van der Waals surface area contributed by atoms with Crippen molar-refractivity contribution in [3.63, 3.8) is 0 Å². The molecule has 1 aliphatic rings. The first-order valence-electron chi connectivity index (χ1n) is 7.21. The maximum absolute atomic E-state index is 11.7. The number of benzene rings is 1. The Bertz CT molecular complexity index is 490. The molecule has 1 aromatic carbocycles. The first-order chi connectivity index (χ1) is 9.99. The number of rotatable bonds is 4. The van der Waals surface area contributed by atoms with E-state index in [9.17, 15) is 4.79 Å². The molecule has 5 heteroatoms. The zero-order valence-corrected chi connectivity index (χ0v) is 13.2. The lowest BCUT2D eigenvalue weighted by Gasteiger charge is -2.35. The lowest BCUT2D eigenvalue weighted by molar-refractivity contribution is -0.166. The van der Waals surface area contributed by atoms with E-state index in [2.05, 4.69) is 34.1 Å². The molecule has 0 N–H and O–H groups in total. The highest BCUT2D eigenvalue weighted by Gasteiger charge is 2.30. The highest BCUT2D eigenvalue weighted by molar-refractivity contribution is 5.75. The fourth-order valence-corrected chi connectivity index (χ4v) is 2.62. The number of hydrogen-bond donors (Lipinski definition) is 0. The van der Waals surface area contributed by atoms with Gasteiger partial charge in [0.15, 0.2) is 6.10 Å². The minimum Gasteiger partial charge on any atom is -0.467 e.